The first kappa shape index (κ1) is 15.0. The molecule has 18 heavy (non-hydrogen) atoms. The zero-order valence-electron chi connectivity index (χ0n) is 12.4. The average molecular weight is 249 g/mol. The van der Waals surface area contributed by atoms with Crippen LogP contribution in [0.15, 0.2) is 18.3 Å². The maximum Gasteiger partial charge on any atom is 0.128 e. The summed E-state index contributed by atoms with van der Waals surface area (Å²) in [7, 11) is 0. The van der Waals surface area contributed by atoms with Crippen molar-refractivity contribution in [2.45, 2.75) is 40.7 Å². The zero-order valence-corrected chi connectivity index (χ0v) is 12.4. The first-order chi connectivity index (χ1) is 8.40. The molecule has 2 N–H and O–H groups in total. The van der Waals surface area contributed by atoms with Crippen molar-refractivity contribution in [2.24, 2.45) is 17.6 Å². The number of aromatic nitrogens is 1. The van der Waals surface area contributed by atoms with E-state index in [-0.39, 0.29) is 6.04 Å². The minimum absolute atomic E-state index is 0.0618. The van der Waals surface area contributed by atoms with Crippen LogP contribution in [-0.2, 0) is 0 Å². The fourth-order valence-corrected chi connectivity index (χ4v) is 2.03. The number of nitrogens with zero attached hydrogens (tertiary/aromatic N) is 2. The molecule has 1 aromatic heterocycles. The number of nitrogens with two attached hydrogens (primary N) is 1. The molecule has 1 atom stereocenters. The standard InChI is InChI=1S/C15H27N3/c1-11(2)9-18(10-12(3)4)15-8-14(13(5)16)6-7-17-15/h6-8,11-13H,9-10,16H2,1-5H3/t13-/m1/s1. The molecule has 0 amide bonds. The second-order valence-electron chi connectivity index (χ2n) is 5.93. The fourth-order valence-electron chi connectivity index (χ4n) is 2.03. The zero-order chi connectivity index (χ0) is 13.7. The van der Waals surface area contributed by atoms with Crippen LogP contribution in [0.2, 0.25) is 0 Å². The van der Waals surface area contributed by atoms with Gasteiger partial charge in [0.15, 0.2) is 0 Å². The highest BCUT2D eigenvalue weighted by atomic mass is 15.2. The van der Waals surface area contributed by atoms with Crippen LogP contribution >= 0.6 is 0 Å². The molecule has 0 radical (unpaired) electrons. The van der Waals surface area contributed by atoms with Crippen LogP contribution in [0.25, 0.3) is 0 Å². The molecule has 0 aliphatic rings. The van der Waals surface area contributed by atoms with Crippen molar-refractivity contribution in [1.82, 2.24) is 4.98 Å². The second-order valence-corrected chi connectivity index (χ2v) is 5.93. The number of pyridine rings is 1. The maximum atomic E-state index is 5.94. The number of rotatable bonds is 6. The molecule has 3 heteroatoms. The first-order valence-corrected chi connectivity index (χ1v) is 6.86. The van der Waals surface area contributed by atoms with E-state index in [1.807, 2.05) is 19.2 Å². The molecule has 0 saturated carbocycles. The molecule has 0 aliphatic carbocycles. The minimum Gasteiger partial charge on any atom is -0.356 e. The van der Waals surface area contributed by atoms with Crippen molar-refractivity contribution in [3.05, 3.63) is 23.9 Å². The van der Waals surface area contributed by atoms with Gasteiger partial charge >= 0.3 is 0 Å². The van der Waals surface area contributed by atoms with Gasteiger partial charge in [-0.1, -0.05) is 27.7 Å². The largest absolute Gasteiger partial charge is 0.356 e. The Hall–Kier alpha value is -1.09. The third kappa shape index (κ3) is 4.65. The summed E-state index contributed by atoms with van der Waals surface area (Å²) in [4.78, 5) is 6.86. The predicted octanol–water partition coefficient (Wildman–Crippen LogP) is 3.22. The lowest BCUT2D eigenvalue weighted by atomic mass is 10.1. The van der Waals surface area contributed by atoms with Crippen molar-refractivity contribution in [3.63, 3.8) is 0 Å². The third-order valence-corrected chi connectivity index (χ3v) is 2.79. The normalized spacial score (nSPS) is 13.1. The van der Waals surface area contributed by atoms with Gasteiger partial charge in [0.05, 0.1) is 0 Å². The van der Waals surface area contributed by atoms with Crippen molar-refractivity contribution >= 4 is 5.82 Å². The molecule has 0 aliphatic heterocycles. The molecule has 1 heterocycles. The molecule has 0 aromatic carbocycles. The Labute approximate surface area is 111 Å². The summed E-state index contributed by atoms with van der Waals surface area (Å²) >= 11 is 0. The van der Waals surface area contributed by atoms with Crippen molar-refractivity contribution in [1.29, 1.82) is 0 Å². The topological polar surface area (TPSA) is 42.1 Å². The van der Waals surface area contributed by atoms with Crippen molar-refractivity contribution in [3.8, 4) is 0 Å². The molecule has 0 spiro atoms. The highest BCUT2D eigenvalue weighted by Gasteiger charge is 2.12. The summed E-state index contributed by atoms with van der Waals surface area (Å²) in [5, 5.41) is 0. The lowest BCUT2D eigenvalue weighted by molar-refractivity contribution is 0.548. The van der Waals surface area contributed by atoms with Crippen molar-refractivity contribution < 1.29 is 0 Å². The van der Waals surface area contributed by atoms with E-state index in [0.717, 1.165) is 24.5 Å². The van der Waals surface area contributed by atoms with Crippen LogP contribution in [0, 0.1) is 11.8 Å². The fraction of sp³-hybridized carbons (Fsp3) is 0.667. The number of anilines is 1. The van der Waals surface area contributed by atoms with E-state index in [4.69, 9.17) is 5.73 Å². The van der Waals surface area contributed by atoms with Gasteiger partial charge < -0.3 is 10.6 Å². The van der Waals surface area contributed by atoms with E-state index in [0.29, 0.717) is 11.8 Å². The summed E-state index contributed by atoms with van der Waals surface area (Å²) in [5.41, 5.74) is 7.09. The Kier molecular flexibility index (Phi) is 5.60. The Morgan fingerprint density at radius 1 is 1.11 bits per heavy atom. The Morgan fingerprint density at radius 3 is 2.11 bits per heavy atom. The summed E-state index contributed by atoms with van der Waals surface area (Å²) in [5.74, 6) is 2.31. The molecular formula is C15H27N3. The van der Waals surface area contributed by atoms with Crippen LogP contribution in [-0.4, -0.2) is 18.1 Å². The van der Waals surface area contributed by atoms with E-state index in [1.54, 1.807) is 0 Å². The van der Waals surface area contributed by atoms with Gasteiger partial charge in [0.25, 0.3) is 0 Å². The van der Waals surface area contributed by atoms with Crippen LogP contribution in [0.1, 0.15) is 46.2 Å². The highest BCUT2D eigenvalue weighted by Crippen LogP contribution is 2.19. The van der Waals surface area contributed by atoms with Crippen LogP contribution < -0.4 is 10.6 Å². The van der Waals surface area contributed by atoms with Gasteiger partial charge in [-0.2, -0.15) is 0 Å². The van der Waals surface area contributed by atoms with Gasteiger partial charge in [0.1, 0.15) is 5.82 Å². The predicted molar refractivity (Wildman–Crippen MR) is 78.7 cm³/mol. The van der Waals surface area contributed by atoms with E-state index < -0.39 is 0 Å². The van der Waals surface area contributed by atoms with Crippen molar-refractivity contribution in [2.75, 3.05) is 18.0 Å². The van der Waals surface area contributed by atoms with Crippen LogP contribution in [0.3, 0.4) is 0 Å². The molecule has 1 aromatic rings. The lowest BCUT2D eigenvalue weighted by Gasteiger charge is -2.28. The minimum atomic E-state index is 0.0618. The van der Waals surface area contributed by atoms with Gasteiger partial charge in [0.2, 0.25) is 0 Å². The number of hydrogen-bond acceptors (Lipinski definition) is 3. The van der Waals surface area contributed by atoms with E-state index in [1.165, 1.54) is 0 Å². The van der Waals surface area contributed by atoms with Gasteiger partial charge in [-0.25, -0.2) is 4.98 Å². The van der Waals surface area contributed by atoms with E-state index in [9.17, 15) is 0 Å². The molecular weight excluding hydrogens is 222 g/mol. The van der Waals surface area contributed by atoms with Gasteiger partial charge in [0, 0.05) is 25.3 Å². The van der Waals surface area contributed by atoms with Gasteiger partial charge in [-0.15, -0.1) is 0 Å². The third-order valence-electron chi connectivity index (χ3n) is 2.79. The van der Waals surface area contributed by atoms with E-state index in [2.05, 4.69) is 43.6 Å². The van der Waals surface area contributed by atoms with Crippen LogP contribution in [0.5, 0.6) is 0 Å². The van der Waals surface area contributed by atoms with Crippen LogP contribution in [0.4, 0.5) is 5.82 Å². The van der Waals surface area contributed by atoms with Gasteiger partial charge in [-0.3, -0.25) is 0 Å². The van der Waals surface area contributed by atoms with Gasteiger partial charge in [-0.05, 0) is 36.5 Å². The summed E-state index contributed by atoms with van der Waals surface area (Å²) in [6.45, 7) is 13.0. The molecule has 0 fully saturated rings. The molecule has 0 saturated heterocycles. The molecule has 102 valence electrons. The van der Waals surface area contributed by atoms with E-state index >= 15 is 0 Å². The second kappa shape index (κ2) is 6.74. The number of hydrogen-bond donors (Lipinski definition) is 1. The SMILES string of the molecule is CC(C)CN(CC(C)C)c1cc([C@@H](C)N)ccn1. The first-order valence-electron chi connectivity index (χ1n) is 6.86. The molecule has 3 nitrogen and oxygen atoms in total. The Morgan fingerprint density at radius 2 is 1.67 bits per heavy atom. The average Bonchev–Trinajstić information content (AvgIpc) is 2.27. The summed E-state index contributed by atoms with van der Waals surface area (Å²) < 4.78 is 0. The molecule has 1 rings (SSSR count). The monoisotopic (exact) mass is 249 g/mol. The smallest absolute Gasteiger partial charge is 0.128 e. The highest BCUT2D eigenvalue weighted by molar-refractivity contribution is 5.41. The summed E-state index contributed by atoms with van der Waals surface area (Å²) in [6.07, 6.45) is 1.86. The molecule has 0 unspecified atom stereocenters. The quantitative estimate of drug-likeness (QED) is 0.841. The summed E-state index contributed by atoms with van der Waals surface area (Å²) in [6, 6.07) is 4.18. The maximum absolute atomic E-state index is 5.94. The Balaban J connectivity index is 2.93. The lowest BCUT2D eigenvalue weighted by Crippen LogP contribution is -2.32. The molecule has 0 bridgehead atoms. The Bertz CT molecular complexity index is 349.